The molecule has 148 valence electrons. The number of rotatable bonds is 6. The fourth-order valence-corrected chi connectivity index (χ4v) is 3.61. The maximum atomic E-state index is 12.2. The maximum Gasteiger partial charge on any atom is 0.262 e. The first-order valence-corrected chi connectivity index (χ1v) is 9.87. The van der Waals surface area contributed by atoms with Gasteiger partial charge in [-0.15, -0.1) is 0 Å². The van der Waals surface area contributed by atoms with Crippen LogP contribution in [0, 0.1) is 0 Å². The van der Waals surface area contributed by atoms with Crippen LogP contribution in [0.25, 0.3) is 0 Å². The number of ether oxygens (including phenoxy) is 1. The largest absolute Gasteiger partial charge is 0.484 e. The normalized spacial score (nSPS) is 14.4. The standard InChI is InChI=1S/C23H28N2O3/c1-25(2)23(27)19-9-6-10-20(15-19)24-22(26)16-28-21-13-11-18(12-14-21)17-7-4-3-5-8-17/h6,9-15,17H,3-5,7-8,16H2,1-2H3,(H,24,26). The van der Waals surface area contributed by atoms with Gasteiger partial charge in [-0.25, -0.2) is 0 Å². The minimum Gasteiger partial charge on any atom is -0.484 e. The number of hydrogen-bond acceptors (Lipinski definition) is 3. The smallest absolute Gasteiger partial charge is 0.262 e. The van der Waals surface area contributed by atoms with Gasteiger partial charge < -0.3 is 15.0 Å². The first kappa shape index (κ1) is 19.9. The number of hydrogen-bond donors (Lipinski definition) is 1. The monoisotopic (exact) mass is 380 g/mol. The molecule has 0 aliphatic heterocycles. The van der Waals surface area contributed by atoms with Crippen LogP contribution in [0.1, 0.15) is 53.9 Å². The Kier molecular flexibility index (Phi) is 6.69. The van der Waals surface area contributed by atoms with E-state index < -0.39 is 0 Å². The topological polar surface area (TPSA) is 58.6 Å². The second kappa shape index (κ2) is 9.40. The van der Waals surface area contributed by atoms with Gasteiger partial charge in [-0.1, -0.05) is 37.5 Å². The minimum absolute atomic E-state index is 0.0748. The molecular weight excluding hydrogens is 352 g/mol. The molecule has 28 heavy (non-hydrogen) atoms. The van der Waals surface area contributed by atoms with Crippen molar-refractivity contribution in [2.75, 3.05) is 26.0 Å². The number of carbonyl (C=O) groups excluding carboxylic acids is 2. The SMILES string of the molecule is CN(C)C(=O)c1cccc(NC(=O)COc2ccc(C3CCCCC3)cc2)c1. The van der Waals surface area contributed by atoms with Crippen molar-refractivity contribution in [2.24, 2.45) is 0 Å². The Morgan fingerprint density at radius 3 is 2.43 bits per heavy atom. The average Bonchev–Trinajstić information content (AvgIpc) is 2.73. The molecule has 2 aromatic rings. The van der Waals surface area contributed by atoms with Crippen LogP contribution in [-0.2, 0) is 4.79 Å². The predicted octanol–water partition coefficient (Wildman–Crippen LogP) is 4.45. The van der Waals surface area contributed by atoms with Gasteiger partial charge in [-0.3, -0.25) is 9.59 Å². The zero-order valence-electron chi connectivity index (χ0n) is 16.6. The van der Waals surface area contributed by atoms with E-state index in [4.69, 9.17) is 4.74 Å². The van der Waals surface area contributed by atoms with Gasteiger partial charge in [0.05, 0.1) is 0 Å². The molecule has 1 aliphatic carbocycles. The third-order valence-corrected chi connectivity index (χ3v) is 5.13. The van der Waals surface area contributed by atoms with E-state index in [1.54, 1.807) is 38.4 Å². The molecule has 5 nitrogen and oxygen atoms in total. The van der Waals surface area contributed by atoms with Crippen LogP contribution >= 0.6 is 0 Å². The molecule has 1 saturated carbocycles. The Labute approximate surface area is 166 Å². The summed E-state index contributed by atoms with van der Waals surface area (Å²) in [7, 11) is 3.39. The van der Waals surface area contributed by atoms with E-state index in [1.807, 2.05) is 12.1 Å². The van der Waals surface area contributed by atoms with E-state index in [-0.39, 0.29) is 18.4 Å². The summed E-state index contributed by atoms with van der Waals surface area (Å²) in [5, 5.41) is 2.77. The van der Waals surface area contributed by atoms with Crippen molar-refractivity contribution >= 4 is 17.5 Å². The lowest BCUT2D eigenvalue weighted by molar-refractivity contribution is -0.118. The lowest BCUT2D eigenvalue weighted by atomic mass is 9.84. The van der Waals surface area contributed by atoms with Crippen molar-refractivity contribution in [1.82, 2.24) is 4.90 Å². The molecular formula is C23H28N2O3. The predicted molar refractivity (Wildman–Crippen MR) is 111 cm³/mol. The molecule has 2 aromatic carbocycles. The second-order valence-electron chi connectivity index (χ2n) is 7.52. The summed E-state index contributed by atoms with van der Waals surface area (Å²) in [4.78, 5) is 25.7. The first-order valence-electron chi connectivity index (χ1n) is 9.87. The van der Waals surface area contributed by atoms with Gasteiger partial charge in [0.2, 0.25) is 0 Å². The van der Waals surface area contributed by atoms with E-state index in [9.17, 15) is 9.59 Å². The molecule has 0 spiro atoms. The van der Waals surface area contributed by atoms with Crippen LogP contribution in [0.5, 0.6) is 5.75 Å². The summed E-state index contributed by atoms with van der Waals surface area (Å²) in [6.45, 7) is -0.0748. The van der Waals surface area contributed by atoms with E-state index >= 15 is 0 Å². The zero-order chi connectivity index (χ0) is 19.9. The van der Waals surface area contributed by atoms with Crippen molar-refractivity contribution in [3.8, 4) is 5.75 Å². The van der Waals surface area contributed by atoms with Gasteiger partial charge in [-0.2, -0.15) is 0 Å². The Hall–Kier alpha value is -2.82. The number of carbonyl (C=O) groups is 2. The molecule has 5 heteroatoms. The van der Waals surface area contributed by atoms with Gasteiger partial charge in [0.1, 0.15) is 5.75 Å². The highest BCUT2D eigenvalue weighted by molar-refractivity contribution is 5.97. The van der Waals surface area contributed by atoms with Crippen molar-refractivity contribution in [2.45, 2.75) is 38.0 Å². The van der Waals surface area contributed by atoms with Crippen LogP contribution in [0.4, 0.5) is 5.69 Å². The highest BCUT2D eigenvalue weighted by Gasteiger charge is 2.15. The minimum atomic E-state index is -0.259. The molecule has 0 aromatic heterocycles. The van der Waals surface area contributed by atoms with Crippen molar-refractivity contribution < 1.29 is 14.3 Å². The number of benzene rings is 2. The molecule has 2 amide bonds. The van der Waals surface area contributed by atoms with E-state index in [0.29, 0.717) is 22.9 Å². The molecule has 0 atom stereocenters. The molecule has 0 bridgehead atoms. The van der Waals surface area contributed by atoms with Crippen molar-refractivity contribution in [1.29, 1.82) is 0 Å². The van der Waals surface area contributed by atoms with E-state index in [2.05, 4.69) is 17.4 Å². The third-order valence-electron chi connectivity index (χ3n) is 5.13. The molecule has 0 saturated heterocycles. The van der Waals surface area contributed by atoms with Gasteiger partial charge in [0.25, 0.3) is 11.8 Å². The summed E-state index contributed by atoms with van der Waals surface area (Å²) in [5.41, 5.74) is 2.47. The Morgan fingerprint density at radius 1 is 1.04 bits per heavy atom. The number of nitrogens with one attached hydrogen (secondary N) is 1. The summed E-state index contributed by atoms with van der Waals surface area (Å²) >= 11 is 0. The van der Waals surface area contributed by atoms with E-state index in [0.717, 1.165) is 0 Å². The summed E-state index contributed by atoms with van der Waals surface area (Å²) in [6.07, 6.45) is 6.49. The summed E-state index contributed by atoms with van der Waals surface area (Å²) < 4.78 is 5.61. The molecule has 1 aliphatic rings. The van der Waals surface area contributed by atoms with Gasteiger partial charge in [0, 0.05) is 25.3 Å². The molecule has 1 N–H and O–H groups in total. The average molecular weight is 380 g/mol. The molecule has 3 rings (SSSR count). The van der Waals surface area contributed by atoms with Gasteiger partial charge in [0.15, 0.2) is 6.61 Å². The zero-order valence-corrected chi connectivity index (χ0v) is 16.6. The quantitative estimate of drug-likeness (QED) is 0.805. The van der Waals surface area contributed by atoms with Crippen LogP contribution in [0.15, 0.2) is 48.5 Å². The highest BCUT2D eigenvalue weighted by atomic mass is 16.5. The van der Waals surface area contributed by atoms with Crippen LogP contribution in [0.3, 0.4) is 0 Å². The fourth-order valence-electron chi connectivity index (χ4n) is 3.61. The van der Waals surface area contributed by atoms with Crippen LogP contribution in [-0.4, -0.2) is 37.4 Å². The fraction of sp³-hybridized carbons (Fsp3) is 0.391. The van der Waals surface area contributed by atoms with Crippen LogP contribution in [0.2, 0.25) is 0 Å². The summed E-state index contributed by atoms with van der Waals surface area (Å²) in [6, 6.07) is 15.0. The van der Waals surface area contributed by atoms with E-state index in [1.165, 1.54) is 42.6 Å². The summed E-state index contributed by atoms with van der Waals surface area (Å²) in [5.74, 6) is 0.978. The van der Waals surface area contributed by atoms with Gasteiger partial charge in [-0.05, 0) is 54.7 Å². The Bertz CT molecular complexity index is 809. The third kappa shape index (κ3) is 5.35. The number of anilines is 1. The lowest BCUT2D eigenvalue weighted by Gasteiger charge is -2.22. The lowest BCUT2D eigenvalue weighted by Crippen LogP contribution is -2.23. The molecule has 0 unspecified atom stereocenters. The molecule has 0 radical (unpaired) electrons. The highest BCUT2D eigenvalue weighted by Crippen LogP contribution is 2.33. The molecule has 0 heterocycles. The van der Waals surface area contributed by atoms with Crippen LogP contribution < -0.4 is 10.1 Å². The Morgan fingerprint density at radius 2 is 1.75 bits per heavy atom. The maximum absolute atomic E-state index is 12.2. The molecule has 1 fully saturated rings. The number of nitrogens with zero attached hydrogens (tertiary/aromatic N) is 1. The van der Waals surface area contributed by atoms with Crippen molar-refractivity contribution in [3.63, 3.8) is 0 Å². The second-order valence-corrected chi connectivity index (χ2v) is 7.52. The van der Waals surface area contributed by atoms with Crippen molar-refractivity contribution in [3.05, 3.63) is 59.7 Å². The first-order chi connectivity index (χ1) is 13.5. The Balaban J connectivity index is 1.51. The van der Waals surface area contributed by atoms with Gasteiger partial charge >= 0.3 is 0 Å². The number of amides is 2.